The number of anilines is 1. The van der Waals surface area contributed by atoms with Crippen LogP contribution in [0.2, 0.25) is 0 Å². The molecule has 0 saturated carbocycles. The largest absolute Gasteiger partial charge is 0.378 e. The first-order valence-corrected chi connectivity index (χ1v) is 8.20. The number of ether oxygens (including phenoxy) is 1. The molecule has 1 amide bonds. The number of hydrogen-bond acceptors (Lipinski definition) is 5. The predicted octanol–water partition coefficient (Wildman–Crippen LogP) is 1.42. The first-order chi connectivity index (χ1) is 11.2. The fraction of sp³-hybridized carbons (Fsp3) is 0.588. The van der Waals surface area contributed by atoms with Crippen molar-refractivity contribution in [3.8, 4) is 6.07 Å². The lowest BCUT2D eigenvalue weighted by atomic mass is 9.93. The van der Waals surface area contributed by atoms with Gasteiger partial charge in [-0.25, -0.2) is 4.98 Å². The summed E-state index contributed by atoms with van der Waals surface area (Å²) < 4.78 is 5.62. The summed E-state index contributed by atoms with van der Waals surface area (Å²) in [5, 5.41) is 8.80. The van der Waals surface area contributed by atoms with Crippen molar-refractivity contribution in [2.75, 3.05) is 37.7 Å². The normalized spacial score (nSPS) is 25.0. The van der Waals surface area contributed by atoms with E-state index in [0.29, 0.717) is 5.69 Å². The van der Waals surface area contributed by atoms with E-state index in [1.165, 1.54) is 0 Å². The summed E-state index contributed by atoms with van der Waals surface area (Å²) in [6.45, 7) is 5.80. The summed E-state index contributed by atoms with van der Waals surface area (Å²) in [4.78, 5) is 20.9. The molecule has 122 valence electrons. The van der Waals surface area contributed by atoms with Crippen LogP contribution in [0.25, 0.3) is 0 Å². The molecule has 0 N–H and O–H groups in total. The van der Waals surface area contributed by atoms with E-state index in [0.717, 1.165) is 51.3 Å². The highest BCUT2D eigenvalue weighted by Gasteiger charge is 2.33. The van der Waals surface area contributed by atoms with Gasteiger partial charge >= 0.3 is 0 Å². The summed E-state index contributed by atoms with van der Waals surface area (Å²) >= 11 is 0. The number of nitrogens with zero attached hydrogens (tertiary/aromatic N) is 4. The Kier molecular flexibility index (Phi) is 4.77. The Balaban J connectivity index is 1.57. The molecule has 1 aromatic heterocycles. The molecule has 2 atom stereocenters. The van der Waals surface area contributed by atoms with Crippen LogP contribution in [0.4, 0.5) is 5.69 Å². The third-order valence-corrected chi connectivity index (χ3v) is 4.74. The lowest BCUT2D eigenvalue weighted by Gasteiger charge is -2.39. The van der Waals surface area contributed by atoms with Crippen LogP contribution >= 0.6 is 0 Å². The highest BCUT2D eigenvalue weighted by Crippen LogP contribution is 2.24. The Bertz CT molecular complexity index is 588. The lowest BCUT2D eigenvalue weighted by molar-refractivity contribution is -0.144. The average molecular weight is 314 g/mol. The fourth-order valence-corrected chi connectivity index (χ4v) is 3.31. The van der Waals surface area contributed by atoms with Crippen LogP contribution < -0.4 is 4.90 Å². The zero-order valence-electron chi connectivity index (χ0n) is 13.4. The van der Waals surface area contributed by atoms with Crippen LogP contribution in [0.1, 0.15) is 25.5 Å². The van der Waals surface area contributed by atoms with E-state index in [2.05, 4.69) is 9.88 Å². The highest BCUT2D eigenvalue weighted by atomic mass is 16.5. The quantitative estimate of drug-likeness (QED) is 0.825. The van der Waals surface area contributed by atoms with Gasteiger partial charge in [-0.3, -0.25) is 4.79 Å². The first kappa shape index (κ1) is 15.8. The molecular weight excluding hydrogens is 292 g/mol. The molecule has 23 heavy (non-hydrogen) atoms. The molecule has 2 saturated heterocycles. The van der Waals surface area contributed by atoms with Gasteiger partial charge in [0.15, 0.2) is 0 Å². The zero-order valence-corrected chi connectivity index (χ0v) is 13.4. The standard InChI is InChI=1S/C17H22N4O2/c1-13-16(3-2-10-23-13)17(22)21-8-6-20(7-9-21)15-5-4-14(11-18)19-12-15/h4-5,12-13,16H,2-3,6-10H2,1H3/t13-,16-/m0/s1. The number of piperazine rings is 1. The molecule has 0 aliphatic carbocycles. The van der Waals surface area contributed by atoms with E-state index in [1.54, 1.807) is 12.3 Å². The van der Waals surface area contributed by atoms with Crippen molar-refractivity contribution in [1.29, 1.82) is 5.26 Å². The van der Waals surface area contributed by atoms with Gasteiger partial charge in [0.1, 0.15) is 11.8 Å². The van der Waals surface area contributed by atoms with Gasteiger partial charge in [-0.1, -0.05) is 0 Å². The average Bonchev–Trinajstić information content (AvgIpc) is 2.62. The maximum absolute atomic E-state index is 12.7. The third kappa shape index (κ3) is 3.45. The molecule has 2 fully saturated rings. The summed E-state index contributed by atoms with van der Waals surface area (Å²) in [6, 6.07) is 5.67. The Morgan fingerprint density at radius 1 is 1.35 bits per heavy atom. The van der Waals surface area contributed by atoms with Gasteiger partial charge in [0, 0.05) is 32.8 Å². The molecule has 0 aromatic carbocycles. The van der Waals surface area contributed by atoms with E-state index < -0.39 is 0 Å². The predicted molar refractivity (Wildman–Crippen MR) is 85.9 cm³/mol. The van der Waals surface area contributed by atoms with Crippen molar-refractivity contribution in [1.82, 2.24) is 9.88 Å². The van der Waals surface area contributed by atoms with E-state index in [-0.39, 0.29) is 17.9 Å². The van der Waals surface area contributed by atoms with Crippen LogP contribution in [0.3, 0.4) is 0 Å². The number of nitriles is 1. The SMILES string of the molecule is C[C@@H]1OCCC[C@@H]1C(=O)N1CCN(c2ccc(C#N)nc2)CC1. The second kappa shape index (κ2) is 6.97. The van der Waals surface area contributed by atoms with Crippen molar-refractivity contribution in [3.63, 3.8) is 0 Å². The molecular formula is C17H22N4O2. The minimum Gasteiger partial charge on any atom is -0.378 e. The molecule has 0 unspecified atom stereocenters. The second-order valence-corrected chi connectivity index (χ2v) is 6.15. The number of carbonyl (C=O) groups is 1. The van der Waals surface area contributed by atoms with Gasteiger partial charge in [-0.2, -0.15) is 5.26 Å². The molecule has 6 nitrogen and oxygen atoms in total. The van der Waals surface area contributed by atoms with Gasteiger partial charge in [-0.05, 0) is 31.9 Å². The molecule has 2 aliphatic heterocycles. The highest BCUT2D eigenvalue weighted by molar-refractivity contribution is 5.79. The summed E-state index contributed by atoms with van der Waals surface area (Å²) in [5.74, 6) is 0.238. The number of rotatable bonds is 2. The van der Waals surface area contributed by atoms with Gasteiger partial charge in [0.05, 0.1) is 23.9 Å². The minimum absolute atomic E-state index is 0.00637. The maximum atomic E-state index is 12.7. The third-order valence-electron chi connectivity index (χ3n) is 4.74. The van der Waals surface area contributed by atoms with E-state index in [4.69, 9.17) is 10.00 Å². The smallest absolute Gasteiger partial charge is 0.228 e. The molecule has 2 aliphatic rings. The number of carbonyl (C=O) groups excluding carboxylic acids is 1. The van der Waals surface area contributed by atoms with Crippen molar-refractivity contribution in [2.24, 2.45) is 5.92 Å². The summed E-state index contributed by atoms with van der Waals surface area (Å²) in [6.07, 6.45) is 3.65. The van der Waals surface area contributed by atoms with Crippen LogP contribution in [0, 0.1) is 17.2 Å². The molecule has 3 rings (SSSR count). The minimum atomic E-state index is 0.00637. The molecule has 0 bridgehead atoms. The number of aromatic nitrogens is 1. The van der Waals surface area contributed by atoms with Crippen molar-refractivity contribution in [3.05, 3.63) is 24.0 Å². The summed E-state index contributed by atoms with van der Waals surface area (Å²) in [7, 11) is 0. The first-order valence-electron chi connectivity index (χ1n) is 8.20. The second-order valence-electron chi connectivity index (χ2n) is 6.15. The van der Waals surface area contributed by atoms with E-state index >= 15 is 0 Å². The Morgan fingerprint density at radius 3 is 2.74 bits per heavy atom. The van der Waals surface area contributed by atoms with Crippen LogP contribution in [-0.2, 0) is 9.53 Å². The molecule has 3 heterocycles. The van der Waals surface area contributed by atoms with Crippen molar-refractivity contribution in [2.45, 2.75) is 25.9 Å². The molecule has 0 radical (unpaired) electrons. The van der Waals surface area contributed by atoms with Gasteiger partial charge in [0.25, 0.3) is 0 Å². The van der Waals surface area contributed by atoms with Gasteiger partial charge in [0.2, 0.25) is 5.91 Å². The lowest BCUT2D eigenvalue weighted by Crippen LogP contribution is -2.52. The molecule has 1 aromatic rings. The van der Waals surface area contributed by atoms with Crippen molar-refractivity contribution < 1.29 is 9.53 Å². The Morgan fingerprint density at radius 2 is 2.13 bits per heavy atom. The maximum Gasteiger partial charge on any atom is 0.228 e. The van der Waals surface area contributed by atoms with Gasteiger partial charge in [-0.15, -0.1) is 0 Å². The van der Waals surface area contributed by atoms with Gasteiger partial charge < -0.3 is 14.5 Å². The Hall–Kier alpha value is -2.13. The molecule has 0 spiro atoms. The van der Waals surface area contributed by atoms with E-state index in [9.17, 15) is 4.79 Å². The number of amides is 1. The van der Waals surface area contributed by atoms with Crippen LogP contribution in [0.15, 0.2) is 18.3 Å². The molecule has 6 heteroatoms. The van der Waals surface area contributed by atoms with Crippen molar-refractivity contribution >= 4 is 11.6 Å². The number of hydrogen-bond donors (Lipinski definition) is 0. The summed E-state index contributed by atoms with van der Waals surface area (Å²) in [5.41, 5.74) is 1.43. The Labute approximate surface area is 136 Å². The van der Waals surface area contributed by atoms with Crippen LogP contribution in [0.5, 0.6) is 0 Å². The van der Waals surface area contributed by atoms with E-state index in [1.807, 2.05) is 24.0 Å². The number of pyridine rings is 1. The van der Waals surface area contributed by atoms with Crippen LogP contribution in [-0.4, -0.2) is 54.7 Å². The topological polar surface area (TPSA) is 69.5 Å². The zero-order chi connectivity index (χ0) is 16.2. The monoisotopic (exact) mass is 314 g/mol. The fourth-order valence-electron chi connectivity index (χ4n) is 3.31.